The number of hydrogen-bond acceptors (Lipinski definition) is 4. The molecule has 1 saturated heterocycles. The lowest BCUT2D eigenvalue weighted by Gasteiger charge is -2.35. The van der Waals surface area contributed by atoms with Crippen molar-refractivity contribution in [3.05, 3.63) is 28.8 Å². The van der Waals surface area contributed by atoms with E-state index < -0.39 is 10.0 Å². The molecule has 7 heteroatoms. The maximum absolute atomic E-state index is 11.4. The van der Waals surface area contributed by atoms with Gasteiger partial charge in [-0.05, 0) is 69.3 Å². The van der Waals surface area contributed by atoms with Gasteiger partial charge in [0, 0.05) is 18.1 Å². The summed E-state index contributed by atoms with van der Waals surface area (Å²) in [6.45, 7) is 5.36. The largest absolute Gasteiger partial charge is 0.490 e. The van der Waals surface area contributed by atoms with Crippen molar-refractivity contribution in [2.75, 3.05) is 25.4 Å². The van der Waals surface area contributed by atoms with Gasteiger partial charge in [-0.2, -0.15) is 0 Å². The van der Waals surface area contributed by atoms with E-state index in [4.69, 9.17) is 16.3 Å². The first-order chi connectivity index (χ1) is 11.9. The second-order valence-electron chi connectivity index (χ2n) is 7.07. The predicted molar refractivity (Wildman–Crippen MR) is 101 cm³/mol. The minimum Gasteiger partial charge on any atom is -0.490 e. The number of nitrogens with one attached hydrogen (secondary N) is 1. The average Bonchev–Trinajstić information content (AvgIpc) is 3.05. The van der Waals surface area contributed by atoms with Crippen molar-refractivity contribution in [2.45, 2.75) is 45.3 Å². The van der Waals surface area contributed by atoms with Crippen molar-refractivity contribution in [2.24, 2.45) is 5.92 Å². The molecule has 0 amide bonds. The minimum absolute atomic E-state index is 0.127. The third-order valence-electron chi connectivity index (χ3n) is 5.08. The number of hydrogen-bond donors (Lipinski definition) is 1. The first kappa shape index (κ1) is 19.0. The molecule has 1 aromatic carbocycles. The van der Waals surface area contributed by atoms with E-state index in [1.54, 1.807) is 6.92 Å². The van der Waals surface area contributed by atoms with Crippen LogP contribution in [-0.2, 0) is 16.6 Å². The Morgan fingerprint density at radius 2 is 2.00 bits per heavy atom. The Bertz CT molecular complexity index is 684. The molecule has 2 aliphatic rings. The molecule has 0 atom stereocenters. The summed E-state index contributed by atoms with van der Waals surface area (Å²) in [5.74, 6) is 1.28. The summed E-state index contributed by atoms with van der Waals surface area (Å²) >= 11 is 6.41. The molecule has 0 spiro atoms. The molecule has 0 aromatic heterocycles. The van der Waals surface area contributed by atoms with Gasteiger partial charge < -0.3 is 4.74 Å². The van der Waals surface area contributed by atoms with Crippen LogP contribution in [0.25, 0.3) is 0 Å². The first-order valence-corrected chi connectivity index (χ1v) is 11.1. The third-order valence-corrected chi connectivity index (χ3v) is 6.80. The first-order valence-electron chi connectivity index (χ1n) is 9.10. The summed E-state index contributed by atoms with van der Waals surface area (Å²) in [4.78, 5) is 2.43. The van der Waals surface area contributed by atoms with Crippen LogP contribution in [0.3, 0.4) is 0 Å². The Kier molecular flexibility index (Phi) is 6.25. The molecule has 25 heavy (non-hydrogen) atoms. The molecule has 3 rings (SSSR count). The van der Waals surface area contributed by atoms with E-state index in [1.165, 1.54) is 12.8 Å². The van der Waals surface area contributed by atoms with Crippen LogP contribution in [0, 0.1) is 5.92 Å². The van der Waals surface area contributed by atoms with Gasteiger partial charge in [-0.1, -0.05) is 17.7 Å². The van der Waals surface area contributed by atoms with E-state index in [0.717, 1.165) is 48.8 Å². The van der Waals surface area contributed by atoms with E-state index in [-0.39, 0.29) is 11.9 Å². The van der Waals surface area contributed by atoms with Crippen molar-refractivity contribution < 1.29 is 13.2 Å². The van der Waals surface area contributed by atoms with Gasteiger partial charge in [0.2, 0.25) is 10.0 Å². The second-order valence-corrected chi connectivity index (χ2v) is 9.57. The van der Waals surface area contributed by atoms with Gasteiger partial charge in [-0.25, -0.2) is 13.1 Å². The van der Waals surface area contributed by atoms with E-state index >= 15 is 0 Å². The fraction of sp³-hybridized carbons (Fsp3) is 0.667. The summed E-state index contributed by atoms with van der Waals surface area (Å²) < 4.78 is 31.5. The molecule has 1 saturated carbocycles. The molecule has 1 aliphatic carbocycles. The Morgan fingerprint density at radius 3 is 2.64 bits per heavy atom. The van der Waals surface area contributed by atoms with Crippen molar-refractivity contribution >= 4 is 21.6 Å². The zero-order valence-corrected chi connectivity index (χ0v) is 16.3. The van der Waals surface area contributed by atoms with E-state index in [1.807, 2.05) is 12.1 Å². The second kappa shape index (κ2) is 8.25. The molecule has 1 heterocycles. The Hall–Kier alpha value is -0.820. The smallest absolute Gasteiger partial charge is 0.211 e. The SMILES string of the molecule is CCS(=O)(=O)NCC1CC(Oc2ccc(CN3CCCC3)c(Cl)c2)C1. The predicted octanol–water partition coefficient (Wildman–Crippen LogP) is 3.03. The molecule has 2 fully saturated rings. The van der Waals surface area contributed by atoms with Crippen LogP contribution in [0.1, 0.15) is 38.2 Å². The normalized spacial score (nSPS) is 24.2. The molecule has 0 unspecified atom stereocenters. The van der Waals surface area contributed by atoms with Gasteiger partial charge in [0.05, 0.1) is 11.9 Å². The van der Waals surface area contributed by atoms with Gasteiger partial charge in [0.15, 0.2) is 0 Å². The van der Waals surface area contributed by atoms with E-state index in [2.05, 4.69) is 15.7 Å². The summed E-state index contributed by atoms with van der Waals surface area (Å²) in [7, 11) is -3.10. The lowest BCUT2D eigenvalue weighted by Crippen LogP contribution is -2.41. The zero-order chi connectivity index (χ0) is 17.9. The highest BCUT2D eigenvalue weighted by Crippen LogP contribution is 2.33. The van der Waals surface area contributed by atoms with Gasteiger partial charge in [-0.3, -0.25) is 4.90 Å². The molecule has 5 nitrogen and oxygen atoms in total. The fourth-order valence-electron chi connectivity index (χ4n) is 3.39. The number of nitrogens with zero attached hydrogens (tertiary/aromatic N) is 1. The molecular weight excluding hydrogens is 360 g/mol. The highest BCUT2D eigenvalue weighted by Gasteiger charge is 2.31. The number of rotatable bonds is 8. The van der Waals surface area contributed by atoms with Crippen LogP contribution in [0.4, 0.5) is 0 Å². The fourth-order valence-corrected chi connectivity index (χ4v) is 4.31. The van der Waals surface area contributed by atoms with Gasteiger partial charge >= 0.3 is 0 Å². The maximum Gasteiger partial charge on any atom is 0.211 e. The molecule has 1 N–H and O–H groups in total. The molecule has 1 aliphatic heterocycles. The van der Waals surface area contributed by atoms with Crippen molar-refractivity contribution in [1.82, 2.24) is 9.62 Å². The number of likely N-dealkylation sites (tertiary alicyclic amines) is 1. The number of ether oxygens (including phenoxy) is 1. The standard InChI is InChI=1S/C18H27ClN2O3S/c1-2-25(22,23)20-12-14-9-17(10-14)24-16-6-5-15(18(19)11-16)13-21-7-3-4-8-21/h5-6,11,14,17,20H,2-4,7-10,12-13H2,1H3. The molecule has 140 valence electrons. The summed E-state index contributed by atoms with van der Waals surface area (Å²) in [5, 5.41) is 0.760. The maximum atomic E-state index is 11.4. The quantitative estimate of drug-likeness (QED) is 0.746. The molecule has 0 bridgehead atoms. The van der Waals surface area contributed by atoms with Crippen LogP contribution in [-0.4, -0.2) is 44.8 Å². The average molecular weight is 387 g/mol. The van der Waals surface area contributed by atoms with Crippen LogP contribution >= 0.6 is 11.6 Å². The third kappa shape index (κ3) is 5.33. The van der Waals surface area contributed by atoms with Gasteiger partial charge in [0.25, 0.3) is 0 Å². The highest BCUT2D eigenvalue weighted by atomic mass is 35.5. The van der Waals surface area contributed by atoms with Crippen molar-refractivity contribution in [3.8, 4) is 5.75 Å². The van der Waals surface area contributed by atoms with Gasteiger partial charge in [0.1, 0.15) is 5.75 Å². The zero-order valence-electron chi connectivity index (χ0n) is 14.7. The molecular formula is C18H27ClN2O3S. The lowest BCUT2D eigenvalue weighted by atomic mass is 9.82. The Balaban J connectivity index is 1.44. The summed E-state index contributed by atoms with van der Waals surface area (Å²) in [5.41, 5.74) is 1.15. The van der Waals surface area contributed by atoms with Crippen LogP contribution < -0.4 is 9.46 Å². The van der Waals surface area contributed by atoms with Crippen molar-refractivity contribution in [3.63, 3.8) is 0 Å². The molecule has 1 aromatic rings. The summed E-state index contributed by atoms with van der Waals surface area (Å²) in [6.07, 6.45) is 4.45. The Morgan fingerprint density at radius 1 is 1.28 bits per heavy atom. The van der Waals surface area contributed by atoms with Gasteiger partial charge in [-0.15, -0.1) is 0 Å². The topological polar surface area (TPSA) is 58.6 Å². The van der Waals surface area contributed by atoms with Crippen LogP contribution in [0.15, 0.2) is 18.2 Å². The number of halogens is 1. The minimum atomic E-state index is -3.10. The number of benzene rings is 1. The van der Waals surface area contributed by atoms with Crippen LogP contribution in [0.5, 0.6) is 5.75 Å². The van der Waals surface area contributed by atoms with E-state index in [9.17, 15) is 8.42 Å². The number of sulfonamides is 1. The highest BCUT2D eigenvalue weighted by molar-refractivity contribution is 7.89. The molecule has 0 radical (unpaired) electrons. The lowest BCUT2D eigenvalue weighted by molar-refractivity contribution is 0.0673. The Labute approximate surface area is 155 Å². The van der Waals surface area contributed by atoms with Crippen LogP contribution in [0.2, 0.25) is 5.02 Å². The monoisotopic (exact) mass is 386 g/mol. The van der Waals surface area contributed by atoms with Crippen molar-refractivity contribution in [1.29, 1.82) is 0 Å². The van der Waals surface area contributed by atoms with E-state index in [0.29, 0.717) is 12.5 Å². The summed E-state index contributed by atoms with van der Waals surface area (Å²) in [6, 6.07) is 5.95.